The normalized spacial score (nSPS) is 20.5. The Morgan fingerprint density at radius 3 is 2.77 bits per heavy atom. The molecule has 2 heterocycles. The van der Waals surface area contributed by atoms with Crippen molar-refractivity contribution in [2.45, 2.75) is 38.3 Å². The SMILES string of the molecule is CC1(c2ccc3c(c2)CCC3)NC(=O)N(Cc2nnc(-c3ccccc3Cl)o2)C1=O. The van der Waals surface area contributed by atoms with Gasteiger partial charge in [0.15, 0.2) is 0 Å². The van der Waals surface area contributed by atoms with Gasteiger partial charge in [-0.15, -0.1) is 10.2 Å². The number of rotatable bonds is 4. The van der Waals surface area contributed by atoms with E-state index in [4.69, 9.17) is 16.0 Å². The van der Waals surface area contributed by atoms with Gasteiger partial charge in [-0.05, 0) is 55.0 Å². The summed E-state index contributed by atoms with van der Waals surface area (Å²) in [6.07, 6.45) is 3.18. The maximum Gasteiger partial charge on any atom is 0.325 e. The molecule has 5 rings (SSSR count). The standard InChI is InChI=1S/C22H19ClN4O3/c1-22(15-10-9-13-5-4-6-14(13)11-15)20(28)27(21(29)24-22)12-18-25-26-19(30-18)16-7-2-3-8-17(16)23/h2-3,7-11H,4-6,12H2,1H3,(H,24,29). The van der Waals surface area contributed by atoms with Gasteiger partial charge >= 0.3 is 6.03 Å². The van der Waals surface area contributed by atoms with Crippen molar-refractivity contribution in [2.24, 2.45) is 0 Å². The molecular weight excluding hydrogens is 404 g/mol. The number of amides is 3. The van der Waals surface area contributed by atoms with Crippen molar-refractivity contribution in [2.75, 3.05) is 0 Å². The van der Waals surface area contributed by atoms with Crippen LogP contribution in [0, 0.1) is 0 Å². The molecule has 1 atom stereocenters. The molecule has 1 unspecified atom stereocenters. The Morgan fingerprint density at radius 1 is 1.13 bits per heavy atom. The van der Waals surface area contributed by atoms with Gasteiger partial charge in [0.25, 0.3) is 5.91 Å². The van der Waals surface area contributed by atoms with Crippen LogP contribution in [0.1, 0.15) is 35.9 Å². The zero-order chi connectivity index (χ0) is 20.9. The van der Waals surface area contributed by atoms with Crippen LogP contribution in [0.3, 0.4) is 0 Å². The van der Waals surface area contributed by atoms with Crippen LogP contribution in [0.15, 0.2) is 46.9 Å². The minimum absolute atomic E-state index is 0.108. The Bertz CT molecular complexity index is 1170. The predicted molar refractivity (Wildman–Crippen MR) is 110 cm³/mol. The van der Waals surface area contributed by atoms with E-state index in [1.807, 2.05) is 18.2 Å². The van der Waals surface area contributed by atoms with Gasteiger partial charge in [-0.2, -0.15) is 0 Å². The van der Waals surface area contributed by atoms with Crippen LogP contribution in [0.25, 0.3) is 11.5 Å². The molecule has 1 saturated heterocycles. The molecule has 1 aliphatic carbocycles. The van der Waals surface area contributed by atoms with Gasteiger partial charge < -0.3 is 9.73 Å². The largest absolute Gasteiger partial charge is 0.419 e. The van der Waals surface area contributed by atoms with Crippen LogP contribution in [0.5, 0.6) is 0 Å². The van der Waals surface area contributed by atoms with Crippen molar-refractivity contribution in [3.05, 3.63) is 70.1 Å². The lowest BCUT2D eigenvalue weighted by Crippen LogP contribution is -2.41. The molecule has 0 spiro atoms. The molecule has 0 radical (unpaired) electrons. The fraction of sp³-hybridized carbons (Fsp3) is 0.273. The summed E-state index contributed by atoms with van der Waals surface area (Å²) in [5.74, 6) is 0.0543. The van der Waals surface area contributed by atoms with Crippen molar-refractivity contribution in [3.63, 3.8) is 0 Å². The first-order valence-electron chi connectivity index (χ1n) is 9.79. The van der Waals surface area contributed by atoms with E-state index in [2.05, 4.69) is 21.6 Å². The third-order valence-corrected chi connectivity index (χ3v) is 6.14. The van der Waals surface area contributed by atoms with E-state index < -0.39 is 11.6 Å². The van der Waals surface area contributed by atoms with Gasteiger partial charge in [0.05, 0.1) is 10.6 Å². The topological polar surface area (TPSA) is 88.3 Å². The minimum atomic E-state index is -1.12. The van der Waals surface area contributed by atoms with Crippen LogP contribution in [0.2, 0.25) is 5.02 Å². The van der Waals surface area contributed by atoms with Gasteiger partial charge in [-0.1, -0.05) is 41.9 Å². The van der Waals surface area contributed by atoms with Crippen LogP contribution < -0.4 is 5.32 Å². The second-order valence-electron chi connectivity index (χ2n) is 7.76. The molecule has 1 aliphatic heterocycles. The maximum absolute atomic E-state index is 13.2. The van der Waals surface area contributed by atoms with Crippen LogP contribution in [0.4, 0.5) is 4.79 Å². The average molecular weight is 423 g/mol. The molecule has 2 aromatic carbocycles. The summed E-state index contributed by atoms with van der Waals surface area (Å²) in [5.41, 5.74) is 2.81. The average Bonchev–Trinajstić information content (AvgIpc) is 3.44. The molecule has 0 saturated carbocycles. The third-order valence-electron chi connectivity index (χ3n) is 5.82. The predicted octanol–water partition coefficient (Wildman–Crippen LogP) is 3.85. The molecule has 30 heavy (non-hydrogen) atoms. The number of urea groups is 1. The number of aromatic nitrogens is 2. The van der Waals surface area contributed by atoms with Crippen LogP contribution in [-0.2, 0) is 29.7 Å². The number of carbonyl (C=O) groups excluding carboxylic acids is 2. The lowest BCUT2D eigenvalue weighted by Gasteiger charge is -2.23. The number of hydrogen-bond acceptors (Lipinski definition) is 5. The fourth-order valence-corrected chi connectivity index (χ4v) is 4.33. The summed E-state index contributed by atoms with van der Waals surface area (Å²) in [4.78, 5) is 26.9. The van der Waals surface area contributed by atoms with Crippen LogP contribution in [-0.4, -0.2) is 27.0 Å². The summed E-state index contributed by atoms with van der Waals surface area (Å²) in [5, 5.41) is 11.3. The second kappa shape index (κ2) is 6.95. The Balaban J connectivity index is 1.40. The van der Waals surface area contributed by atoms with Crippen molar-refractivity contribution in [1.29, 1.82) is 0 Å². The molecule has 1 aromatic heterocycles. The summed E-state index contributed by atoms with van der Waals surface area (Å²) >= 11 is 6.17. The second-order valence-corrected chi connectivity index (χ2v) is 8.17. The van der Waals surface area contributed by atoms with E-state index in [0.717, 1.165) is 29.7 Å². The summed E-state index contributed by atoms with van der Waals surface area (Å²) in [6.45, 7) is 1.62. The number of fused-ring (bicyclic) bond motifs is 1. The molecule has 3 amide bonds. The monoisotopic (exact) mass is 422 g/mol. The molecule has 3 aromatic rings. The van der Waals surface area contributed by atoms with Crippen molar-refractivity contribution in [3.8, 4) is 11.5 Å². The van der Waals surface area contributed by atoms with Crippen molar-refractivity contribution in [1.82, 2.24) is 20.4 Å². The van der Waals surface area contributed by atoms with Crippen LogP contribution >= 0.6 is 11.6 Å². The number of hydrogen-bond donors (Lipinski definition) is 1. The van der Waals surface area contributed by atoms with E-state index in [1.165, 1.54) is 11.1 Å². The van der Waals surface area contributed by atoms with E-state index in [1.54, 1.807) is 25.1 Å². The number of aryl methyl sites for hydroxylation is 2. The minimum Gasteiger partial charge on any atom is -0.419 e. The number of nitrogens with zero attached hydrogens (tertiary/aromatic N) is 3. The third kappa shape index (κ3) is 2.97. The van der Waals surface area contributed by atoms with Gasteiger partial charge in [0.2, 0.25) is 11.8 Å². The molecule has 152 valence electrons. The van der Waals surface area contributed by atoms with E-state index in [-0.39, 0.29) is 24.2 Å². The van der Waals surface area contributed by atoms with Crippen molar-refractivity contribution >= 4 is 23.5 Å². The molecule has 0 bridgehead atoms. The number of nitrogens with one attached hydrogen (secondary N) is 1. The number of halogens is 1. The highest BCUT2D eigenvalue weighted by molar-refractivity contribution is 6.33. The van der Waals surface area contributed by atoms with E-state index in [9.17, 15) is 9.59 Å². The molecule has 8 heteroatoms. The van der Waals surface area contributed by atoms with Gasteiger partial charge in [0.1, 0.15) is 12.1 Å². The first kappa shape index (κ1) is 18.8. The first-order valence-corrected chi connectivity index (χ1v) is 10.2. The lowest BCUT2D eigenvalue weighted by atomic mass is 9.90. The Kier molecular flexibility index (Phi) is 4.36. The summed E-state index contributed by atoms with van der Waals surface area (Å²) < 4.78 is 5.66. The number of benzene rings is 2. The summed E-state index contributed by atoms with van der Waals surface area (Å²) in [7, 11) is 0. The van der Waals surface area contributed by atoms with Gasteiger partial charge in [0, 0.05) is 0 Å². The highest BCUT2D eigenvalue weighted by Gasteiger charge is 2.49. The number of carbonyl (C=O) groups is 2. The molecular formula is C22H19ClN4O3. The zero-order valence-electron chi connectivity index (χ0n) is 16.3. The highest BCUT2D eigenvalue weighted by atomic mass is 35.5. The Labute approximate surface area is 178 Å². The van der Waals surface area contributed by atoms with Gasteiger partial charge in [-0.3, -0.25) is 9.69 Å². The van der Waals surface area contributed by atoms with Gasteiger partial charge in [-0.25, -0.2) is 4.79 Å². The highest BCUT2D eigenvalue weighted by Crippen LogP contribution is 2.33. The lowest BCUT2D eigenvalue weighted by molar-refractivity contribution is -0.131. The molecule has 1 N–H and O–H groups in total. The van der Waals surface area contributed by atoms with E-state index >= 15 is 0 Å². The zero-order valence-corrected chi connectivity index (χ0v) is 17.1. The smallest absolute Gasteiger partial charge is 0.325 e. The molecule has 2 aliphatic rings. The van der Waals surface area contributed by atoms with Crippen molar-refractivity contribution < 1.29 is 14.0 Å². The van der Waals surface area contributed by atoms with E-state index in [0.29, 0.717) is 10.6 Å². The number of imide groups is 1. The Hall–Kier alpha value is -3.19. The molecule has 7 nitrogen and oxygen atoms in total. The first-order chi connectivity index (χ1) is 14.5. The fourth-order valence-electron chi connectivity index (χ4n) is 4.12. The maximum atomic E-state index is 13.2. The summed E-state index contributed by atoms with van der Waals surface area (Å²) in [6, 6.07) is 12.6. The Morgan fingerprint density at radius 2 is 1.93 bits per heavy atom. The molecule has 1 fully saturated rings. The quantitative estimate of drug-likeness (QED) is 0.645.